The van der Waals surface area contributed by atoms with Crippen molar-refractivity contribution in [3.63, 3.8) is 0 Å². The molecule has 0 aliphatic carbocycles. The standard InChI is InChI=1S/C32H66O3Si2/c1-8-13-15-16-17-18-19-20-21-22-23-24-25-26-27-28-31-33-36(6,11-4)35-37(7,12-5)34-32(29-10-3)30-14-9-2/h11-12,32H,4-5,8-10,13-31H2,1-3,6-7H3. The van der Waals surface area contributed by atoms with Gasteiger partial charge in [0.05, 0.1) is 0 Å². The molecule has 0 fully saturated rings. The van der Waals surface area contributed by atoms with Crippen molar-refractivity contribution in [1.82, 2.24) is 0 Å². The summed E-state index contributed by atoms with van der Waals surface area (Å²) in [5.41, 5.74) is 3.84. The highest BCUT2D eigenvalue weighted by Crippen LogP contribution is 2.24. The van der Waals surface area contributed by atoms with Gasteiger partial charge in [-0.2, -0.15) is 0 Å². The van der Waals surface area contributed by atoms with E-state index in [0.29, 0.717) is 0 Å². The third kappa shape index (κ3) is 21.3. The Bertz CT molecular complexity index is 530. The van der Waals surface area contributed by atoms with Crippen molar-refractivity contribution >= 4 is 17.1 Å². The summed E-state index contributed by atoms with van der Waals surface area (Å²) >= 11 is 0. The summed E-state index contributed by atoms with van der Waals surface area (Å²) in [7, 11) is -4.99. The molecule has 0 saturated heterocycles. The van der Waals surface area contributed by atoms with E-state index in [0.717, 1.165) is 32.3 Å². The van der Waals surface area contributed by atoms with E-state index in [4.69, 9.17) is 13.0 Å². The summed E-state index contributed by atoms with van der Waals surface area (Å²) < 4.78 is 19.5. The third-order valence-corrected chi connectivity index (χ3v) is 13.7. The second-order valence-electron chi connectivity index (χ2n) is 11.4. The largest absolute Gasteiger partial charge is 0.409 e. The van der Waals surface area contributed by atoms with Gasteiger partial charge in [-0.25, -0.2) is 0 Å². The van der Waals surface area contributed by atoms with Gasteiger partial charge in [0.2, 0.25) is 0 Å². The van der Waals surface area contributed by atoms with Crippen LogP contribution in [0.25, 0.3) is 0 Å². The molecule has 0 spiro atoms. The van der Waals surface area contributed by atoms with E-state index in [1.54, 1.807) is 0 Å². The predicted molar refractivity (Wildman–Crippen MR) is 170 cm³/mol. The minimum Gasteiger partial charge on any atom is -0.409 e. The molecule has 3 nitrogen and oxygen atoms in total. The molecule has 0 radical (unpaired) electrons. The second kappa shape index (κ2) is 24.8. The van der Waals surface area contributed by atoms with Crippen LogP contribution in [0.5, 0.6) is 0 Å². The summed E-state index contributed by atoms with van der Waals surface area (Å²) in [5.74, 6) is 0. The van der Waals surface area contributed by atoms with Crippen LogP contribution < -0.4 is 0 Å². The zero-order valence-electron chi connectivity index (χ0n) is 25.9. The molecule has 0 N–H and O–H groups in total. The molecule has 0 aliphatic heterocycles. The Morgan fingerprint density at radius 1 is 0.541 bits per heavy atom. The van der Waals surface area contributed by atoms with Crippen LogP contribution in [0.15, 0.2) is 24.6 Å². The van der Waals surface area contributed by atoms with Crippen molar-refractivity contribution < 1.29 is 13.0 Å². The smallest absolute Gasteiger partial charge is 0.352 e. The average Bonchev–Trinajstić information content (AvgIpc) is 2.89. The van der Waals surface area contributed by atoms with Gasteiger partial charge in [0.25, 0.3) is 0 Å². The monoisotopic (exact) mass is 554 g/mol. The fourth-order valence-corrected chi connectivity index (χ4v) is 10.9. The van der Waals surface area contributed by atoms with Crippen LogP contribution in [0.2, 0.25) is 13.1 Å². The Hall–Kier alpha value is -0.206. The molecule has 0 aromatic heterocycles. The van der Waals surface area contributed by atoms with Crippen LogP contribution >= 0.6 is 0 Å². The first kappa shape index (κ1) is 36.8. The highest BCUT2D eigenvalue weighted by molar-refractivity contribution is 6.84. The van der Waals surface area contributed by atoms with Crippen molar-refractivity contribution in [1.29, 1.82) is 0 Å². The van der Waals surface area contributed by atoms with E-state index in [-0.39, 0.29) is 6.10 Å². The van der Waals surface area contributed by atoms with Gasteiger partial charge in [0.15, 0.2) is 0 Å². The molecular weight excluding hydrogens is 489 g/mol. The Balaban J connectivity index is 3.98. The van der Waals surface area contributed by atoms with Crippen molar-refractivity contribution in [2.75, 3.05) is 6.61 Å². The first-order chi connectivity index (χ1) is 17.9. The van der Waals surface area contributed by atoms with Gasteiger partial charge in [0, 0.05) is 12.7 Å². The van der Waals surface area contributed by atoms with E-state index in [2.05, 4.69) is 47.0 Å². The molecule has 0 aromatic carbocycles. The first-order valence-corrected chi connectivity index (χ1v) is 21.0. The summed E-state index contributed by atoms with van der Waals surface area (Å²) in [6, 6.07) is 0. The van der Waals surface area contributed by atoms with Crippen molar-refractivity contribution in [3.8, 4) is 0 Å². The number of hydrogen-bond donors (Lipinski definition) is 0. The van der Waals surface area contributed by atoms with E-state index in [1.807, 2.05) is 11.4 Å². The molecule has 0 heterocycles. The van der Waals surface area contributed by atoms with Gasteiger partial charge in [-0.3, -0.25) is 0 Å². The van der Waals surface area contributed by atoms with Gasteiger partial charge in [0.1, 0.15) is 0 Å². The van der Waals surface area contributed by atoms with Crippen molar-refractivity contribution in [2.45, 2.75) is 175 Å². The molecule has 0 saturated carbocycles. The summed E-state index contributed by atoms with van der Waals surface area (Å²) in [4.78, 5) is 0. The lowest BCUT2D eigenvalue weighted by molar-refractivity contribution is 0.127. The zero-order chi connectivity index (χ0) is 27.7. The molecule has 0 aromatic rings. The molecule has 220 valence electrons. The van der Waals surface area contributed by atoms with Gasteiger partial charge in [-0.05, 0) is 32.4 Å². The fraction of sp³-hybridized carbons (Fsp3) is 0.875. The maximum atomic E-state index is 6.61. The summed E-state index contributed by atoms with van der Waals surface area (Å²) in [5, 5.41) is 0. The van der Waals surface area contributed by atoms with Crippen LogP contribution in [0.1, 0.15) is 156 Å². The van der Waals surface area contributed by atoms with Gasteiger partial charge >= 0.3 is 17.1 Å². The van der Waals surface area contributed by atoms with Gasteiger partial charge < -0.3 is 13.0 Å². The topological polar surface area (TPSA) is 27.7 Å². The fourth-order valence-electron chi connectivity index (χ4n) is 4.92. The molecular formula is C32H66O3Si2. The average molecular weight is 555 g/mol. The highest BCUT2D eigenvalue weighted by Gasteiger charge is 2.41. The maximum Gasteiger partial charge on any atom is 0.352 e. The Kier molecular flexibility index (Phi) is 24.7. The number of hydrogen-bond acceptors (Lipinski definition) is 3. The Labute approximate surface area is 235 Å². The highest BCUT2D eigenvalue weighted by atomic mass is 28.5. The van der Waals surface area contributed by atoms with Crippen LogP contribution in [-0.2, 0) is 13.0 Å². The van der Waals surface area contributed by atoms with Gasteiger partial charge in [-0.1, -0.05) is 148 Å². The maximum absolute atomic E-state index is 6.61. The molecule has 0 aliphatic rings. The lowest BCUT2D eigenvalue weighted by Crippen LogP contribution is -2.51. The number of rotatable bonds is 29. The zero-order valence-corrected chi connectivity index (χ0v) is 27.9. The van der Waals surface area contributed by atoms with Gasteiger partial charge in [-0.15, -0.1) is 13.2 Å². The third-order valence-electron chi connectivity index (χ3n) is 7.42. The van der Waals surface area contributed by atoms with E-state index < -0.39 is 17.1 Å². The minimum atomic E-state index is -2.51. The van der Waals surface area contributed by atoms with E-state index >= 15 is 0 Å². The second-order valence-corrected chi connectivity index (χ2v) is 17.6. The predicted octanol–water partition coefficient (Wildman–Crippen LogP) is 11.3. The van der Waals surface area contributed by atoms with Crippen LogP contribution in [0.4, 0.5) is 0 Å². The lowest BCUT2D eigenvalue weighted by atomic mass is 10.0. The Morgan fingerprint density at radius 3 is 1.38 bits per heavy atom. The Morgan fingerprint density at radius 2 is 0.973 bits per heavy atom. The molecule has 0 bridgehead atoms. The molecule has 3 unspecified atom stereocenters. The molecule has 3 atom stereocenters. The van der Waals surface area contributed by atoms with Crippen molar-refractivity contribution in [2.24, 2.45) is 0 Å². The van der Waals surface area contributed by atoms with Crippen LogP contribution in [0.3, 0.4) is 0 Å². The molecule has 5 heteroatoms. The van der Waals surface area contributed by atoms with Crippen molar-refractivity contribution in [3.05, 3.63) is 24.6 Å². The number of unbranched alkanes of at least 4 members (excludes halogenated alkanes) is 16. The van der Waals surface area contributed by atoms with Crippen LogP contribution in [-0.4, -0.2) is 29.8 Å². The first-order valence-electron chi connectivity index (χ1n) is 16.2. The molecule has 37 heavy (non-hydrogen) atoms. The van der Waals surface area contributed by atoms with E-state index in [1.165, 1.54) is 109 Å². The normalized spacial score (nSPS) is 15.7. The molecule has 0 rings (SSSR count). The van der Waals surface area contributed by atoms with Crippen LogP contribution in [0, 0.1) is 0 Å². The summed E-state index contributed by atoms with van der Waals surface area (Å²) in [6.07, 6.45) is 28.0. The summed E-state index contributed by atoms with van der Waals surface area (Å²) in [6.45, 7) is 19.8. The molecule has 0 amide bonds. The quantitative estimate of drug-likeness (QED) is 0.0679. The SMILES string of the molecule is C=C[Si](C)(OCCCCCCCCCCCCCCCCCC)O[Si](C)(C=C)OC(CCC)CCCC. The lowest BCUT2D eigenvalue weighted by Gasteiger charge is -2.36. The van der Waals surface area contributed by atoms with E-state index in [9.17, 15) is 0 Å². The minimum absolute atomic E-state index is 0.253.